The molecule has 1 aliphatic carbocycles. The van der Waals surface area contributed by atoms with E-state index in [4.69, 9.17) is 5.73 Å². The van der Waals surface area contributed by atoms with Gasteiger partial charge in [-0.25, -0.2) is 0 Å². The largest absolute Gasteiger partial charge is 0.397 e. The van der Waals surface area contributed by atoms with Gasteiger partial charge >= 0.3 is 0 Å². The fourth-order valence-electron chi connectivity index (χ4n) is 1.93. The predicted octanol–water partition coefficient (Wildman–Crippen LogP) is 1.76. The van der Waals surface area contributed by atoms with E-state index in [1.54, 1.807) is 19.2 Å². The van der Waals surface area contributed by atoms with Crippen molar-refractivity contribution in [3.05, 3.63) is 35.9 Å². The Morgan fingerprint density at radius 1 is 1.35 bits per heavy atom. The minimum absolute atomic E-state index is 0.120. The number of hydrogen-bond acceptors (Lipinski definition) is 3. The van der Waals surface area contributed by atoms with Crippen molar-refractivity contribution in [2.24, 2.45) is 0 Å². The molecule has 4 nitrogen and oxygen atoms in total. The Bertz CT molecular complexity index is 446. The molecule has 1 aromatic carbocycles. The van der Waals surface area contributed by atoms with E-state index in [2.05, 4.69) is 22.8 Å². The highest BCUT2D eigenvalue weighted by Crippen LogP contribution is 2.23. The van der Waals surface area contributed by atoms with Gasteiger partial charge in [0.1, 0.15) is 0 Å². The Morgan fingerprint density at radius 3 is 2.65 bits per heavy atom. The molecule has 1 aromatic rings. The first kappa shape index (κ1) is 11.5. The lowest BCUT2D eigenvalue weighted by atomic mass is 10.1. The van der Waals surface area contributed by atoms with Crippen LogP contribution in [0.1, 0.15) is 23.2 Å². The molecular weight excluding hydrogens is 214 g/mol. The summed E-state index contributed by atoms with van der Waals surface area (Å²) in [5.74, 6) is -0.120. The number of nitrogen functional groups attached to an aromatic ring is 1. The van der Waals surface area contributed by atoms with E-state index < -0.39 is 0 Å². The van der Waals surface area contributed by atoms with Gasteiger partial charge in [-0.05, 0) is 31.0 Å². The molecule has 2 rings (SSSR count). The van der Waals surface area contributed by atoms with Crippen LogP contribution in [0, 0.1) is 0 Å². The van der Waals surface area contributed by atoms with Gasteiger partial charge in [0.15, 0.2) is 0 Å². The fraction of sp³-hybridized carbons (Fsp3) is 0.308. The zero-order valence-electron chi connectivity index (χ0n) is 9.86. The predicted molar refractivity (Wildman–Crippen MR) is 70.0 cm³/mol. The molecule has 0 aromatic heterocycles. The Kier molecular flexibility index (Phi) is 3.32. The first-order valence-corrected chi connectivity index (χ1v) is 5.74. The van der Waals surface area contributed by atoms with Crippen LogP contribution in [0.25, 0.3) is 0 Å². The SMILES string of the molecule is CNC(=O)c1ccc(NC2CC=CC2)c(N)c1. The van der Waals surface area contributed by atoms with E-state index in [-0.39, 0.29) is 5.91 Å². The lowest BCUT2D eigenvalue weighted by molar-refractivity contribution is 0.0963. The molecule has 0 saturated heterocycles. The second-order valence-electron chi connectivity index (χ2n) is 4.17. The van der Waals surface area contributed by atoms with Crippen LogP contribution in [0.5, 0.6) is 0 Å². The van der Waals surface area contributed by atoms with Crippen molar-refractivity contribution >= 4 is 17.3 Å². The lowest BCUT2D eigenvalue weighted by Gasteiger charge is -2.16. The van der Waals surface area contributed by atoms with E-state index in [0.717, 1.165) is 18.5 Å². The molecule has 90 valence electrons. The van der Waals surface area contributed by atoms with E-state index in [9.17, 15) is 4.79 Å². The maximum Gasteiger partial charge on any atom is 0.251 e. The van der Waals surface area contributed by atoms with E-state index in [1.165, 1.54) is 0 Å². The average Bonchev–Trinajstić information content (AvgIpc) is 2.83. The van der Waals surface area contributed by atoms with Gasteiger partial charge in [-0.15, -0.1) is 0 Å². The van der Waals surface area contributed by atoms with E-state index >= 15 is 0 Å². The van der Waals surface area contributed by atoms with Gasteiger partial charge in [0.2, 0.25) is 0 Å². The van der Waals surface area contributed by atoms with Crippen LogP contribution >= 0.6 is 0 Å². The van der Waals surface area contributed by atoms with Gasteiger partial charge in [0.25, 0.3) is 5.91 Å². The summed E-state index contributed by atoms with van der Waals surface area (Å²) in [6, 6.07) is 5.75. The maximum atomic E-state index is 11.4. The Balaban J connectivity index is 2.11. The normalized spacial score (nSPS) is 14.9. The number of nitrogens with one attached hydrogen (secondary N) is 2. The molecule has 0 bridgehead atoms. The third kappa shape index (κ3) is 2.58. The van der Waals surface area contributed by atoms with Crippen LogP contribution in [0.4, 0.5) is 11.4 Å². The van der Waals surface area contributed by atoms with Gasteiger partial charge in [-0.2, -0.15) is 0 Å². The fourth-order valence-corrected chi connectivity index (χ4v) is 1.93. The topological polar surface area (TPSA) is 67.2 Å². The molecule has 0 saturated carbocycles. The Morgan fingerprint density at radius 2 is 2.06 bits per heavy atom. The summed E-state index contributed by atoms with van der Waals surface area (Å²) < 4.78 is 0. The highest BCUT2D eigenvalue weighted by Gasteiger charge is 2.12. The zero-order chi connectivity index (χ0) is 12.3. The molecule has 0 radical (unpaired) electrons. The number of amides is 1. The molecule has 1 amide bonds. The van der Waals surface area contributed by atoms with Crippen molar-refractivity contribution in [1.82, 2.24) is 5.32 Å². The van der Waals surface area contributed by atoms with Crippen LogP contribution in [-0.2, 0) is 0 Å². The molecule has 0 atom stereocenters. The van der Waals surface area contributed by atoms with Crippen LogP contribution in [0.2, 0.25) is 0 Å². The first-order chi connectivity index (χ1) is 8.20. The number of rotatable bonds is 3. The summed E-state index contributed by atoms with van der Waals surface area (Å²) in [5.41, 5.74) is 8.02. The van der Waals surface area contributed by atoms with Crippen LogP contribution in [0.3, 0.4) is 0 Å². The van der Waals surface area contributed by atoms with Gasteiger partial charge in [0, 0.05) is 18.7 Å². The van der Waals surface area contributed by atoms with Gasteiger partial charge in [-0.1, -0.05) is 12.2 Å². The quantitative estimate of drug-likeness (QED) is 0.548. The number of hydrogen-bond donors (Lipinski definition) is 3. The molecule has 0 fully saturated rings. The molecule has 0 aliphatic heterocycles. The highest BCUT2D eigenvalue weighted by molar-refractivity contribution is 5.95. The second-order valence-corrected chi connectivity index (χ2v) is 4.17. The molecule has 0 spiro atoms. The average molecular weight is 231 g/mol. The monoisotopic (exact) mass is 231 g/mol. The number of carbonyl (C=O) groups excluding carboxylic acids is 1. The molecule has 17 heavy (non-hydrogen) atoms. The summed E-state index contributed by atoms with van der Waals surface area (Å²) in [6.45, 7) is 0. The van der Waals surface area contributed by atoms with E-state index in [0.29, 0.717) is 17.3 Å². The van der Waals surface area contributed by atoms with E-state index in [1.807, 2.05) is 6.07 Å². The number of carbonyl (C=O) groups is 1. The molecule has 0 heterocycles. The minimum Gasteiger partial charge on any atom is -0.397 e. The van der Waals surface area contributed by atoms with Crippen molar-refractivity contribution in [2.75, 3.05) is 18.1 Å². The second kappa shape index (κ2) is 4.91. The molecule has 0 unspecified atom stereocenters. The first-order valence-electron chi connectivity index (χ1n) is 5.74. The molecular formula is C13H17N3O. The Labute approximate surface area is 101 Å². The van der Waals surface area contributed by atoms with Crippen molar-refractivity contribution in [1.29, 1.82) is 0 Å². The molecule has 1 aliphatic rings. The number of benzene rings is 1. The van der Waals surface area contributed by atoms with Crippen molar-refractivity contribution in [3.8, 4) is 0 Å². The minimum atomic E-state index is -0.120. The number of anilines is 2. The van der Waals surface area contributed by atoms with Gasteiger partial charge in [0.05, 0.1) is 11.4 Å². The van der Waals surface area contributed by atoms with Crippen LogP contribution in [-0.4, -0.2) is 19.0 Å². The van der Waals surface area contributed by atoms with Crippen LogP contribution in [0.15, 0.2) is 30.4 Å². The standard InChI is InChI=1S/C13H17N3O/c1-15-13(17)9-6-7-12(11(14)8-9)16-10-4-2-3-5-10/h2-3,6-8,10,16H,4-5,14H2,1H3,(H,15,17). The number of nitrogens with two attached hydrogens (primary N) is 1. The summed E-state index contributed by atoms with van der Waals surface area (Å²) in [7, 11) is 1.61. The van der Waals surface area contributed by atoms with Crippen molar-refractivity contribution in [3.63, 3.8) is 0 Å². The summed E-state index contributed by atoms with van der Waals surface area (Å²) in [5, 5.41) is 5.95. The Hall–Kier alpha value is -1.97. The highest BCUT2D eigenvalue weighted by atomic mass is 16.1. The molecule has 4 N–H and O–H groups in total. The van der Waals surface area contributed by atoms with Gasteiger partial charge in [-0.3, -0.25) is 4.79 Å². The lowest BCUT2D eigenvalue weighted by Crippen LogP contribution is -2.19. The zero-order valence-corrected chi connectivity index (χ0v) is 9.86. The third-order valence-electron chi connectivity index (χ3n) is 2.91. The smallest absolute Gasteiger partial charge is 0.251 e. The summed E-state index contributed by atoms with van der Waals surface area (Å²) in [4.78, 5) is 11.4. The molecule has 4 heteroatoms. The summed E-state index contributed by atoms with van der Waals surface area (Å²) >= 11 is 0. The van der Waals surface area contributed by atoms with Gasteiger partial charge < -0.3 is 16.4 Å². The van der Waals surface area contributed by atoms with Crippen LogP contribution < -0.4 is 16.4 Å². The van der Waals surface area contributed by atoms with Crippen molar-refractivity contribution < 1.29 is 4.79 Å². The maximum absolute atomic E-state index is 11.4. The summed E-state index contributed by atoms with van der Waals surface area (Å²) in [6.07, 6.45) is 6.37. The van der Waals surface area contributed by atoms with Crippen molar-refractivity contribution in [2.45, 2.75) is 18.9 Å². The third-order valence-corrected chi connectivity index (χ3v) is 2.91.